The second-order valence-electron chi connectivity index (χ2n) is 3.00. The van der Waals surface area contributed by atoms with E-state index in [1.54, 1.807) is 6.07 Å². The van der Waals surface area contributed by atoms with Crippen molar-refractivity contribution in [1.29, 1.82) is 0 Å². The molecule has 2 heterocycles. The summed E-state index contributed by atoms with van der Waals surface area (Å²) in [6.45, 7) is 1.83. The van der Waals surface area contributed by atoms with Crippen molar-refractivity contribution in [1.82, 2.24) is 20.0 Å². The van der Waals surface area contributed by atoms with Gasteiger partial charge < -0.3 is 5.11 Å². The molecule has 0 saturated carbocycles. The Kier molecular flexibility index (Phi) is 4.17. The van der Waals surface area contributed by atoms with E-state index in [1.807, 2.05) is 6.92 Å². The van der Waals surface area contributed by atoms with Gasteiger partial charge in [0.1, 0.15) is 5.69 Å². The van der Waals surface area contributed by atoms with Crippen molar-refractivity contribution < 1.29 is 9.90 Å². The zero-order valence-electron chi connectivity index (χ0n) is 7.95. The molecule has 78 valence electrons. The van der Waals surface area contributed by atoms with Crippen LogP contribution in [0.5, 0.6) is 0 Å². The van der Waals surface area contributed by atoms with Crippen LogP contribution in [-0.2, 0) is 0 Å². The van der Waals surface area contributed by atoms with Gasteiger partial charge in [0.15, 0.2) is 5.69 Å². The summed E-state index contributed by atoms with van der Waals surface area (Å²) in [6.07, 6.45) is 4.46. The van der Waals surface area contributed by atoms with Crippen molar-refractivity contribution in [2.24, 2.45) is 0 Å². The number of aromatic nitrogens is 4. The molecule has 6 nitrogen and oxygen atoms in total. The van der Waals surface area contributed by atoms with Gasteiger partial charge in [0.25, 0.3) is 0 Å². The topological polar surface area (TPSA) is 80.9 Å². The second kappa shape index (κ2) is 5.20. The van der Waals surface area contributed by atoms with Gasteiger partial charge >= 0.3 is 35.5 Å². The Morgan fingerprint density at radius 2 is 2.00 bits per heavy atom. The number of carboxylic acids is 1. The molecule has 1 N–H and O–H groups in total. The zero-order valence-corrected chi connectivity index (χ0v) is 7.95. The molecular formula is C9H9N4NaO2. The van der Waals surface area contributed by atoms with Gasteiger partial charge in [-0.25, -0.2) is 9.78 Å². The molecule has 0 spiro atoms. The third-order valence-corrected chi connectivity index (χ3v) is 1.84. The Bertz CT molecular complexity index is 498. The molecule has 2 aromatic heterocycles. The van der Waals surface area contributed by atoms with Crippen LogP contribution in [0, 0.1) is 6.92 Å². The van der Waals surface area contributed by atoms with E-state index in [9.17, 15) is 4.79 Å². The van der Waals surface area contributed by atoms with Crippen molar-refractivity contribution in [3.8, 4) is 5.69 Å². The maximum absolute atomic E-state index is 10.9. The van der Waals surface area contributed by atoms with Crippen molar-refractivity contribution in [3.63, 3.8) is 0 Å². The number of carboxylic acid groups (broad SMARTS) is 1. The number of aromatic carboxylic acids is 1. The standard InChI is InChI=1S/C9H8N4O2.Na.H/c1-6-4-7(13-11-2-3-12-13)8(9(14)15)10-5-6;;/h2-5H,1H3,(H,14,15);;. The molecule has 0 bridgehead atoms. The minimum absolute atomic E-state index is 0. The fourth-order valence-electron chi connectivity index (χ4n) is 1.21. The van der Waals surface area contributed by atoms with Crippen LogP contribution in [-0.4, -0.2) is 60.6 Å². The molecule has 0 aromatic carbocycles. The first-order valence-electron chi connectivity index (χ1n) is 4.25. The van der Waals surface area contributed by atoms with Crippen LogP contribution in [0.3, 0.4) is 0 Å². The van der Waals surface area contributed by atoms with Crippen molar-refractivity contribution in [2.75, 3.05) is 0 Å². The molecule has 16 heavy (non-hydrogen) atoms. The Labute approximate surface area is 114 Å². The summed E-state index contributed by atoms with van der Waals surface area (Å²) in [5.74, 6) is -1.10. The molecule has 2 rings (SSSR count). The van der Waals surface area contributed by atoms with E-state index in [-0.39, 0.29) is 35.3 Å². The molecule has 0 aliphatic carbocycles. The zero-order chi connectivity index (χ0) is 10.8. The number of aryl methyl sites for hydroxylation is 1. The van der Waals surface area contributed by atoms with E-state index in [0.717, 1.165) is 5.56 Å². The maximum atomic E-state index is 10.9. The number of hydrogen-bond acceptors (Lipinski definition) is 4. The van der Waals surface area contributed by atoms with E-state index in [4.69, 9.17) is 5.11 Å². The predicted molar refractivity (Wildman–Crippen MR) is 58.0 cm³/mol. The van der Waals surface area contributed by atoms with Gasteiger partial charge in [0.05, 0.1) is 12.4 Å². The molecule has 0 unspecified atom stereocenters. The van der Waals surface area contributed by atoms with E-state index in [1.165, 1.54) is 23.4 Å². The van der Waals surface area contributed by atoms with Crippen LogP contribution >= 0.6 is 0 Å². The molecule has 0 amide bonds. The van der Waals surface area contributed by atoms with Crippen LogP contribution in [0.25, 0.3) is 5.69 Å². The summed E-state index contributed by atoms with van der Waals surface area (Å²) in [5, 5.41) is 16.7. The van der Waals surface area contributed by atoms with E-state index in [2.05, 4.69) is 15.2 Å². The molecular weight excluding hydrogens is 219 g/mol. The molecule has 2 aromatic rings. The SMILES string of the molecule is Cc1cnc(C(=O)O)c(-n2nccn2)c1.[NaH]. The van der Waals surface area contributed by atoms with Crippen LogP contribution in [0.2, 0.25) is 0 Å². The van der Waals surface area contributed by atoms with Crippen LogP contribution < -0.4 is 0 Å². The second-order valence-corrected chi connectivity index (χ2v) is 3.00. The van der Waals surface area contributed by atoms with Gasteiger partial charge in [-0.15, -0.1) is 4.80 Å². The van der Waals surface area contributed by atoms with Crippen LogP contribution in [0.4, 0.5) is 0 Å². The summed E-state index contributed by atoms with van der Waals surface area (Å²) >= 11 is 0. The minimum atomic E-state index is -1.10. The quantitative estimate of drug-likeness (QED) is 0.733. The number of carbonyl (C=O) groups is 1. The summed E-state index contributed by atoms with van der Waals surface area (Å²) in [6, 6.07) is 1.68. The summed E-state index contributed by atoms with van der Waals surface area (Å²) in [4.78, 5) is 16.0. The van der Waals surface area contributed by atoms with Gasteiger partial charge in [-0.2, -0.15) is 10.2 Å². The third kappa shape index (κ3) is 2.46. The first-order valence-corrected chi connectivity index (χ1v) is 4.25. The monoisotopic (exact) mass is 228 g/mol. The Morgan fingerprint density at radius 1 is 1.38 bits per heavy atom. The van der Waals surface area contributed by atoms with Crippen LogP contribution in [0.1, 0.15) is 16.1 Å². The summed E-state index contributed by atoms with van der Waals surface area (Å²) in [5.41, 5.74) is 1.16. The van der Waals surface area contributed by atoms with Crippen LogP contribution in [0.15, 0.2) is 24.7 Å². The fraction of sp³-hybridized carbons (Fsp3) is 0.111. The molecule has 0 saturated heterocycles. The number of hydrogen-bond donors (Lipinski definition) is 1. The van der Waals surface area contributed by atoms with Crippen molar-refractivity contribution in [3.05, 3.63) is 35.9 Å². The summed E-state index contributed by atoms with van der Waals surface area (Å²) < 4.78 is 0. The van der Waals surface area contributed by atoms with Gasteiger partial charge in [0, 0.05) is 6.20 Å². The first kappa shape index (κ1) is 12.8. The van der Waals surface area contributed by atoms with E-state index in [0.29, 0.717) is 5.69 Å². The summed E-state index contributed by atoms with van der Waals surface area (Å²) in [7, 11) is 0. The number of pyridine rings is 1. The van der Waals surface area contributed by atoms with Crippen molar-refractivity contribution >= 4 is 35.5 Å². The van der Waals surface area contributed by atoms with Gasteiger partial charge in [-0.05, 0) is 18.6 Å². The first-order chi connectivity index (χ1) is 7.18. The Balaban J connectivity index is 0.00000128. The molecule has 0 aliphatic rings. The number of nitrogens with zero attached hydrogens (tertiary/aromatic N) is 4. The molecule has 0 radical (unpaired) electrons. The van der Waals surface area contributed by atoms with E-state index < -0.39 is 5.97 Å². The average molecular weight is 228 g/mol. The molecule has 0 atom stereocenters. The normalized spacial score (nSPS) is 9.56. The molecule has 0 aliphatic heterocycles. The van der Waals surface area contributed by atoms with Gasteiger partial charge in [-0.1, -0.05) is 0 Å². The Morgan fingerprint density at radius 3 is 2.56 bits per heavy atom. The van der Waals surface area contributed by atoms with Gasteiger partial charge in [-0.3, -0.25) is 0 Å². The van der Waals surface area contributed by atoms with Crippen molar-refractivity contribution in [2.45, 2.75) is 6.92 Å². The van der Waals surface area contributed by atoms with E-state index >= 15 is 0 Å². The van der Waals surface area contributed by atoms with Gasteiger partial charge in [0.2, 0.25) is 0 Å². The average Bonchev–Trinajstić information content (AvgIpc) is 2.69. The molecule has 7 heteroatoms. The Hall–Kier alpha value is -1.24. The number of rotatable bonds is 2. The third-order valence-electron chi connectivity index (χ3n) is 1.84. The fourth-order valence-corrected chi connectivity index (χ4v) is 1.21. The predicted octanol–water partition coefficient (Wildman–Crippen LogP) is 0.0204. The molecule has 0 fully saturated rings.